The molecule has 1 N–H and O–H groups in total. The Hall–Kier alpha value is -2.60. The van der Waals surface area contributed by atoms with E-state index in [4.69, 9.17) is 11.6 Å². The van der Waals surface area contributed by atoms with Crippen molar-refractivity contribution in [1.29, 1.82) is 0 Å². The third-order valence-electron chi connectivity index (χ3n) is 3.36. The Morgan fingerprint density at radius 2 is 1.79 bits per heavy atom. The second-order valence-corrected chi connectivity index (χ2v) is 6.05. The smallest absolute Gasteiger partial charge is 0.274 e. The second-order valence-electron chi connectivity index (χ2n) is 5.64. The molecule has 1 aromatic carbocycles. The Kier molecular flexibility index (Phi) is 5.41. The van der Waals surface area contributed by atoms with Gasteiger partial charge in [0, 0.05) is 45.6 Å². The van der Waals surface area contributed by atoms with Gasteiger partial charge in [-0.05, 0) is 30.3 Å². The minimum atomic E-state index is -0.393. The number of carbonyl (C=O) groups is 2. The van der Waals surface area contributed by atoms with Gasteiger partial charge in [0.05, 0.1) is 10.7 Å². The van der Waals surface area contributed by atoms with Crippen LogP contribution in [0.2, 0.25) is 5.02 Å². The fourth-order valence-electron chi connectivity index (χ4n) is 2.02. The van der Waals surface area contributed by atoms with E-state index >= 15 is 0 Å². The predicted octanol–water partition coefficient (Wildman–Crippen LogP) is 2.76. The number of carbonyl (C=O) groups excluding carboxylic acids is 2. The molecule has 0 spiro atoms. The lowest BCUT2D eigenvalue weighted by molar-refractivity contribution is 0.0827. The molecule has 0 aliphatic carbocycles. The number of aromatic nitrogens is 1. The highest BCUT2D eigenvalue weighted by molar-refractivity contribution is 6.34. The molecule has 0 fully saturated rings. The minimum absolute atomic E-state index is 0.171. The minimum Gasteiger partial charge on any atom is -0.378 e. The molecule has 0 aliphatic rings. The van der Waals surface area contributed by atoms with Crippen LogP contribution in [0.25, 0.3) is 0 Å². The highest BCUT2D eigenvalue weighted by Crippen LogP contribution is 2.24. The molecule has 126 valence electrons. The Morgan fingerprint density at radius 1 is 1.08 bits per heavy atom. The molecule has 2 rings (SSSR count). The highest BCUT2D eigenvalue weighted by Gasteiger charge is 2.14. The number of nitrogens with zero attached hydrogens (tertiary/aromatic N) is 3. The summed E-state index contributed by atoms with van der Waals surface area (Å²) in [6.07, 6.45) is 1.57. The van der Waals surface area contributed by atoms with E-state index in [9.17, 15) is 9.59 Å². The highest BCUT2D eigenvalue weighted by atomic mass is 35.5. The first-order valence-corrected chi connectivity index (χ1v) is 7.63. The van der Waals surface area contributed by atoms with Gasteiger partial charge in [-0.15, -0.1) is 0 Å². The SMILES string of the molecule is CN(C)C(=O)c1ccc(Cl)c(NC(=O)c2cc(N(C)C)ccn2)c1. The zero-order chi connectivity index (χ0) is 17.9. The molecular formula is C17H19ClN4O2. The summed E-state index contributed by atoms with van der Waals surface area (Å²) >= 11 is 6.13. The van der Waals surface area contributed by atoms with Crippen LogP contribution < -0.4 is 10.2 Å². The van der Waals surface area contributed by atoms with E-state index < -0.39 is 5.91 Å². The van der Waals surface area contributed by atoms with Crippen LogP contribution in [0.5, 0.6) is 0 Å². The molecule has 0 aliphatic heterocycles. The number of hydrogen-bond donors (Lipinski definition) is 1. The molecule has 7 heteroatoms. The van der Waals surface area contributed by atoms with Gasteiger partial charge in [0.2, 0.25) is 0 Å². The summed E-state index contributed by atoms with van der Waals surface area (Å²) in [5, 5.41) is 3.05. The average molecular weight is 347 g/mol. The summed E-state index contributed by atoms with van der Waals surface area (Å²) in [7, 11) is 7.08. The van der Waals surface area contributed by atoms with Gasteiger partial charge in [0.25, 0.3) is 11.8 Å². The van der Waals surface area contributed by atoms with Crippen molar-refractivity contribution in [2.45, 2.75) is 0 Å². The molecule has 0 saturated heterocycles. The quantitative estimate of drug-likeness (QED) is 0.924. The zero-order valence-electron chi connectivity index (χ0n) is 14.0. The Balaban J connectivity index is 2.27. The van der Waals surface area contributed by atoms with Crippen LogP contribution in [0.1, 0.15) is 20.8 Å². The van der Waals surface area contributed by atoms with Gasteiger partial charge in [-0.3, -0.25) is 14.6 Å². The third-order valence-corrected chi connectivity index (χ3v) is 3.69. The first-order chi connectivity index (χ1) is 11.3. The molecule has 0 atom stereocenters. The molecular weight excluding hydrogens is 328 g/mol. The lowest BCUT2D eigenvalue weighted by Gasteiger charge is -2.14. The average Bonchev–Trinajstić information content (AvgIpc) is 2.56. The Labute approximate surface area is 146 Å². The molecule has 0 unspecified atom stereocenters. The molecule has 6 nitrogen and oxygen atoms in total. The Morgan fingerprint density at radius 3 is 2.42 bits per heavy atom. The molecule has 2 aromatic rings. The second kappa shape index (κ2) is 7.31. The molecule has 1 aromatic heterocycles. The van der Waals surface area contributed by atoms with Crippen LogP contribution in [-0.2, 0) is 0 Å². The van der Waals surface area contributed by atoms with E-state index in [1.807, 2.05) is 19.0 Å². The summed E-state index contributed by atoms with van der Waals surface area (Å²) < 4.78 is 0. The first kappa shape index (κ1) is 17.7. The number of amides is 2. The standard InChI is InChI=1S/C17H19ClN4O2/c1-21(2)12-7-8-19-15(10-12)16(23)20-14-9-11(5-6-13(14)18)17(24)22(3)4/h5-10H,1-4H3,(H,20,23). The molecule has 0 bridgehead atoms. The van der Waals surface area contributed by atoms with Gasteiger partial charge in [-0.25, -0.2) is 0 Å². The largest absolute Gasteiger partial charge is 0.378 e. The fourth-order valence-corrected chi connectivity index (χ4v) is 2.19. The molecule has 2 amide bonds. The van der Waals surface area contributed by atoms with Gasteiger partial charge >= 0.3 is 0 Å². The molecule has 1 heterocycles. The number of pyridine rings is 1. The van der Waals surface area contributed by atoms with Gasteiger partial charge in [0.1, 0.15) is 5.69 Å². The van der Waals surface area contributed by atoms with Crippen LogP contribution in [0.15, 0.2) is 36.5 Å². The van der Waals surface area contributed by atoms with E-state index in [-0.39, 0.29) is 11.6 Å². The zero-order valence-corrected chi connectivity index (χ0v) is 14.8. The summed E-state index contributed by atoms with van der Waals surface area (Å²) in [4.78, 5) is 31.9. The van der Waals surface area contributed by atoms with E-state index in [0.717, 1.165) is 5.69 Å². The molecule has 24 heavy (non-hydrogen) atoms. The normalized spacial score (nSPS) is 10.2. The molecule has 0 saturated carbocycles. The predicted molar refractivity (Wildman–Crippen MR) is 96.0 cm³/mol. The van der Waals surface area contributed by atoms with E-state index in [2.05, 4.69) is 10.3 Å². The summed E-state index contributed by atoms with van der Waals surface area (Å²) in [6, 6.07) is 8.24. The van der Waals surface area contributed by atoms with E-state index in [1.54, 1.807) is 50.6 Å². The summed E-state index contributed by atoms with van der Waals surface area (Å²) in [5.74, 6) is -0.565. The van der Waals surface area contributed by atoms with E-state index in [1.165, 1.54) is 4.90 Å². The number of benzene rings is 1. The van der Waals surface area contributed by atoms with Crippen LogP contribution >= 0.6 is 11.6 Å². The number of nitrogens with one attached hydrogen (secondary N) is 1. The van der Waals surface area contributed by atoms with Crippen molar-refractivity contribution in [2.24, 2.45) is 0 Å². The van der Waals surface area contributed by atoms with Crippen molar-refractivity contribution in [1.82, 2.24) is 9.88 Å². The maximum atomic E-state index is 12.4. The lowest BCUT2D eigenvalue weighted by atomic mass is 10.1. The van der Waals surface area contributed by atoms with Crippen molar-refractivity contribution in [3.63, 3.8) is 0 Å². The lowest BCUT2D eigenvalue weighted by Crippen LogP contribution is -2.22. The first-order valence-electron chi connectivity index (χ1n) is 7.25. The topological polar surface area (TPSA) is 65.5 Å². The van der Waals surface area contributed by atoms with Crippen LogP contribution in [0.3, 0.4) is 0 Å². The van der Waals surface area contributed by atoms with Crippen molar-refractivity contribution in [3.8, 4) is 0 Å². The van der Waals surface area contributed by atoms with Crippen LogP contribution in [0.4, 0.5) is 11.4 Å². The van der Waals surface area contributed by atoms with Gasteiger partial charge in [-0.1, -0.05) is 11.6 Å². The third kappa shape index (κ3) is 4.02. The molecule has 0 radical (unpaired) electrons. The van der Waals surface area contributed by atoms with Crippen molar-refractivity contribution >= 4 is 34.8 Å². The van der Waals surface area contributed by atoms with Crippen molar-refractivity contribution in [3.05, 3.63) is 52.8 Å². The van der Waals surface area contributed by atoms with E-state index in [0.29, 0.717) is 16.3 Å². The fraction of sp³-hybridized carbons (Fsp3) is 0.235. The number of anilines is 2. The van der Waals surface area contributed by atoms with Gasteiger partial charge in [0.15, 0.2) is 0 Å². The van der Waals surface area contributed by atoms with Gasteiger partial charge in [-0.2, -0.15) is 0 Å². The maximum absolute atomic E-state index is 12.4. The number of rotatable bonds is 4. The summed E-state index contributed by atoms with van der Waals surface area (Å²) in [6.45, 7) is 0. The van der Waals surface area contributed by atoms with Crippen LogP contribution in [-0.4, -0.2) is 49.9 Å². The maximum Gasteiger partial charge on any atom is 0.274 e. The van der Waals surface area contributed by atoms with Crippen molar-refractivity contribution < 1.29 is 9.59 Å². The monoisotopic (exact) mass is 346 g/mol. The number of hydrogen-bond acceptors (Lipinski definition) is 4. The summed E-state index contributed by atoms with van der Waals surface area (Å²) in [5.41, 5.74) is 1.93. The van der Waals surface area contributed by atoms with Crippen LogP contribution in [0, 0.1) is 0 Å². The van der Waals surface area contributed by atoms with Gasteiger partial charge < -0.3 is 15.1 Å². The number of halogens is 1. The van der Waals surface area contributed by atoms with Crippen molar-refractivity contribution in [2.75, 3.05) is 38.4 Å². The Bertz CT molecular complexity index is 775.